The summed E-state index contributed by atoms with van der Waals surface area (Å²) in [6.45, 7) is 3.11. The molecule has 2 nitrogen and oxygen atoms in total. The van der Waals surface area contributed by atoms with Crippen molar-refractivity contribution in [3.05, 3.63) is 70.8 Å². The standard InChI is InChI=1S/C20H17F3O2/c1-3-13-9-10-16-15(11-13)18(14-7-5-4-6-8-14)17(12(2)24)19(25-16)20(21,22)23/h4-11,19H,3H2,1-2H3. The molecule has 0 saturated carbocycles. The van der Waals surface area contributed by atoms with E-state index in [1.165, 1.54) is 0 Å². The summed E-state index contributed by atoms with van der Waals surface area (Å²) < 4.78 is 45.9. The van der Waals surface area contributed by atoms with Gasteiger partial charge in [0.05, 0.1) is 5.57 Å². The van der Waals surface area contributed by atoms with Gasteiger partial charge >= 0.3 is 6.18 Å². The smallest absolute Gasteiger partial charge is 0.429 e. The van der Waals surface area contributed by atoms with Crippen molar-refractivity contribution in [3.8, 4) is 5.75 Å². The summed E-state index contributed by atoms with van der Waals surface area (Å²) in [5, 5.41) is 0. The molecular weight excluding hydrogens is 329 g/mol. The van der Waals surface area contributed by atoms with Gasteiger partial charge in [-0.1, -0.05) is 43.3 Å². The summed E-state index contributed by atoms with van der Waals surface area (Å²) in [5.41, 5.74) is 2.01. The molecule has 2 aromatic carbocycles. The Balaban J connectivity index is 2.36. The lowest BCUT2D eigenvalue weighted by atomic mass is 9.85. The Hall–Kier alpha value is -2.56. The Morgan fingerprint density at radius 1 is 1.12 bits per heavy atom. The highest BCUT2D eigenvalue weighted by atomic mass is 19.4. The molecule has 2 aromatic rings. The first-order valence-electron chi connectivity index (χ1n) is 8.00. The first-order chi connectivity index (χ1) is 11.8. The van der Waals surface area contributed by atoms with E-state index in [-0.39, 0.29) is 11.3 Å². The molecule has 3 rings (SSSR count). The molecule has 25 heavy (non-hydrogen) atoms. The van der Waals surface area contributed by atoms with Crippen LogP contribution in [-0.2, 0) is 11.2 Å². The average Bonchev–Trinajstić information content (AvgIpc) is 2.59. The van der Waals surface area contributed by atoms with Crippen molar-refractivity contribution in [2.75, 3.05) is 0 Å². The fourth-order valence-electron chi connectivity index (χ4n) is 3.06. The van der Waals surface area contributed by atoms with E-state index >= 15 is 0 Å². The molecule has 1 atom stereocenters. The van der Waals surface area contributed by atoms with Gasteiger partial charge in [-0.25, -0.2) is 0 Å². The van der Waals surface area contributed by atoms with Crippen molar-refractivity contribution in [2.45, 2.75) is 32.5 Å². The monoisotopic (exact) mass is 346 g/mol. The molecule has 1 heterocycles. The lowest BCUT2D eigenvalue weighted by Crippen LogP contribution is -2.41. The number of Topliss-reactive ketones (excluding diaryl/α,β-unsaturated/α-hetero) is 1. The Labute approximate surface area is 143 Å². The van der Waals surface area contributed by atoms with Crippen LogP contribution < -0.4 is 4.74 Å². The number of halogens is 3. The fraction of sp³-hybridized carbons (Fsp3) is 0.250. The maximum absolute atomic E-state index is 13.6. The van der Waals surface area contributed by atoms with Gasteiger partial charge in [-0.15, -0.1) is 0 Å². The van der Waals surface area contributed by atoms with Gasteiger partial charge in [-0.3, -0.25) is 4.79 Å². The number of ketones is 1. The van der Waals surface area contributed by atoms with Crippen molar-refractivity contribution < 1.29 is 22.7 Å². The minimum absolute atomic E-state index is 0.142. The molecule has 5 heteroatoms. The quantitative estimate of drug-likeness (QED) is 0.785. The van der Waals surface area contributed by atoms with E-state index in [1.807, 2.05) is 6.92 Å². The van der Waals surface area contributed by atoms with Gasteiger partial charge in [0, 0.05) is 11.1 Å². The zero-order chi connectivity index (χ0) is 18.2. The summed E-state index contributed by atoms with van der Waals surface area (Å²) in [6, 6.07) is 13.8. The van der Waals surface area contributed by atoms with Crippen LogP contribution in [0.5, 0.6) is 5.75 Å². The fourth-order valence-corrected chi connectivity index (χ4v) is 3.06. The minimum Gasteiger partial charge on any atom is -0.475 e. The number of carbonyl (C=O) groups is 1. The van der Waals surface area contributed by atoms with Crippen LogP contribution in [0.3, 0.4) is 0 Å². The van der Waals surface area contributed by atoms with Crippen LogP contribution in [-0.4, -0.2) is 18.1 Å². The number of alkyl halides is 3. The van der Waals surface area contributed by atoms with Crippen LogP contribution in [0.25, 0.3) is 5.57 Å². The van der Waals surface area contributed by atoms with E-state index in [1.54, 1.807) is 48.5 Å². The second kappa shape index (κ2) is 6.39. The Morgan fingerprint density at radius 2 is 1.80 bits per heavy atom. The average molecular weight is 346 g/mol. The largest absolute Gasteiger partial charge is 0.475 e. The van der Waals surface area contributed by atoms with Gasteiger partial charge in [0.2, 0.25) is 6.10 Å². The third-order valence-corrected chi connectivity index (χ3v) is 4.24. The van der Waals surface area contributed by atoms with E-state index in [0.29, 0.717) is 16.7 Å². The predicted molar refractivity (Wildman–Crippen MR) is 89.4 cm³/mol. The number of rotatable bonds is 3. The number of hydrogen-bond donors (Lipinski definition) is 0. The molecule has 0 amide bonds. The van der Waals surface area contributed by atoms with Crippen LogP contribution in [0.4, 0.5) is 13.2 Å². The molecule has 1 aliphatic rings. The molecule has 0 aliphatic carbocycles. The zero-order valence-electron chi connectivity index (χ0n) is 13.9. The van der Waals surface area contributed by atoms with Gasteiger partial charge in [-0.2, -0.15) is 13.2 Å². The van der Waals surface area contributed by atoms with Gasteiger partial charge in [-0.05, 0) is 36.6 Å². The van der Waals surface area contributed by atoms with Crippen LogP contribution in [0.1, 0.15) is 30.5 Å². The molecule has 0 saturated heterocycles. The van der Waals surface area contributed by atoms with E-state index in [4.69, 9.17) is 4.74 Å². The lowest BCUT2D eigenvalue weighted by Gasteiger charge is -2.32. The van der Waals surface area contributed by atoms with E-state index < -0.39 is 18.1 Å². The van der Waals surface area contributed by atoms with Crippen molar-refractivity contribution in [1.29, 1.82) is 0 Å². The Bertz CT molecular complexity index is 836. The number of hydrogen-bond acceptors (Lipinski definition) is 2. The summed E-state index contributed by atoms with van der Waals surface area (Å²) in [5.74, 6) is -0.503. The third kappa shape index (κ3) is 3.18. The number of benzene rings is 2. The maximum Gasteiger partial charge on any atom is 0.429 e. The highest BCUT2D eigenvalue weighted by Gasteiger charge is 2.49. The lowest BCUT2D eigenvalue weighted by molar-refractivity contribution is -0.185. The van der Waals surface area contributed by atoms with Crippen LogP contribution in [0.2, 0.25) is 0 Å². The highest BCUT2D eigenvalue weighted by Crippen LogP contribution is 2.44. The number of carbonyl (C=O) groups excluding carboxylic acids is 1. The van der Waals surface area contributed by atoms with E-state index in [0.717, 1.165) is 18.9 Å². The molecule has 130 valence electrons. The van der Waals surface area contributed by atoms with E-state index in [2.05, 4.69) is 0 Å². The zero-order valence-corrected chi connectivity index (χ0v) is 13.9. The van der Waals surface area contributed by atoms with E-state index in [9.17, 15) is 18.0 Å². The van der Waals surface area contributed by atoms with Gasteiger partial charge < -0.3 is 4.74 Å². The van der Waals surface area contributed by atoms with Crippen LogP contribution in [0.15, 0.2) is 54.1 Å². The van der Waals surface area contributed by atoms with Crippen LogP contribution >= 0.6 is 0 Å². The maximum atomic E-state index is 13.6. The molecule has 0 fully saturated rings. The van der Waals surface area contributed by atoms with Crippen molar-refractivity contribution in [2.24, 2.45) is 0 Å². The predicted octanol–water partition coefficient (Wildman–Crippen LogP) is 4.96. The summed E-state index contributed by atoms with van der Waals surface area (Å²) in [4.78, 5) is 12.2. The topological polar surface area (TPSA) is 26.3 Å². The highest BCUT2D eigenvalue weighted by molar-refractivity contribution is 6.07. The normalized spacial score (nSPS) is 17.1. The molecule has 0 aromatic heterocycles. The summed E-state index contributed by atoms with van der Waals surface area (Å²) in [7, 11) is 0. The third-order valence-electron chi connectivity index (χ3n) is 4.24. The molecule has 0 radical (unpaired) electrons. The van der Waals surface area contributed by atoms with Crippen molar-refractivity contribution >= 4 is 11.4 Å². The SMILES string of the molecule is CCc1ccc2c(c1)C(c1ccccc1)=C(C(C)=O)C(C(F)(F)F)O2. The van der Waals surface area contributed by atoms with Crippen LogP contribution in [0, 0.1) is 0 Å². The van der Waals surface area contributed by atoms with Crippen molar-refractivity contribution in [3.63, 3.8) is 0 Å². The first-order valence-corrected chi connectivity index (χ1v) is 8.00. The minimum atomic E-state index is -4.68. The number of fused-ring (bicyclic) bond motifs is 1. The van der Waals surface area contributed by atoms with Gasteiger partial charge in [0.15, 0.2) is 5.78 Å². The summed E-state index contributed by atoms with van der Waals surface area (Å²) in [6.07, 6.45) is -6.21. The number of aryl methyl sites for hydroxylation is 1. The Morgan fingerprint density at radius 3 is 2.36 bits per heavy atom. The molecule has 1 unspecified atom stereocenters. The second-order valence-electron chi connectivity index (χ2n) is 5.93. The number of ether oxygens (including phenoxy) is 1. The molecule has 0 spiro atoms. The van der Waals surface area contributed by atoms with Gasteiger partial charge in [0.25, 0.3) is 0 Å². The molecule has 0 N–H and O–H groups in total. The first kappa shape index (κ1) is 17.3. The molecular formula is C20H17F3O2. The second-order valence-corrected chi connectivity index (χ2v) is 5.93. The molecule has 0 bridgehead atoms. The summed E-state index contributed by atoms with van der Waals surface area (Å²) >= 11 is 0. The van der Waals surface area contributed by atoms with Gasteiger partial charge in [0.1, 0.15) is 5.75 Å². The molecule has 1 aliphatic heterocycles. The Kier molecular flexibility index (Phi) is 4.41. The van der Waals surface area contributed by atoms with Crippen molar-refractivity contribution in [1.82, 2.24) is 0 Å².